The fraction of sp³-hybridized carbons (Fsp3) is 0.560. The lowest BCUT2D eigenvalue weighted by Crippen LogP contribution is -2.13. The summed E-state index contributed by atoms with van der Waals surface area (Å²) in [7, 11) is -0.0136. The van der Waals surface area contributed by atoms with Crippen molar-refractivity contribution < 1.29 is 9.53 Å². The molecule has 0 radical (unpaired) electrons. The van der Waals surface area contributed by atoms with Gasteiger partial charge in [0.05, 0.1) is 0 Å². The van der Waals surface area contributed by atoms with E-state index < -0.39 is 0 Å². The second kappa shape index (κ2) is 13.4. The van der Waals surface area contributed by atoms with Crippen LogP contribution in [0, 0.1) is 0 Å². The van der Waals surface area contributed by atoms with Crippen molar-refractivity contribution in [1.82, 2.24) is 0 Å². The van der Waals surface area contributed by atoms with Gasteiger partial charge in [-0.3, -0.25) is 4.79 Å². The normalized spacial score (nSPS) is 21.4. The van der Waals surface area contributed by atoms with Crippen molar-refractivity contribution in [3.63, 3.8) is 0 Å². The summed E-state index contributed by atoms with van der Waals surface area (Å²) in [6, 6.07) is 9.87. The number of ether oxygens (including phenoxy) is 1. The molecule has 1 unspecified atom stereocenters. The maximum absolute atomic E-state index is 12.0. The highest BCUT2D eigenvalue weighted by atomic mass is 31.1. The van der Waals surface area contributed by atoms with E-state index in [0.29, 0.717) is 18.7 Å². The molecule has 1 heterocycles. The van der Waals surface area contributed by atoms with Crippen molar-refractivity contribution in [2.24, 2.45) is 0 Å². The minimum absolute atomic E-state index is 0.0216. The molecule has 4 heteroatoms. The first kappa shape index (κ1) is 24.3. The molecule has 0 amide bonds. The van der Waals surface area contributed by atoms with Crippen molar-refractivity contribution in [1.29, 1.82) is 0 Å². The van der Waals surface area contributed by atoms with E-state index in [0.717, 1.165) is 30.5 Å². The minimum atomic E-state index is -0.0876. The molecule has 1 aromatic rings. The number of hydrogen-bond acceptors (Lipinski definition) is 2. The van der Waals surface area contributed by atoms with E-state index in [4.69, 9.17) is 4.74 Å². The molecule has 2 rings (SSSR count). The van der Waals surface area contributed by atoms with Crippen LogP contribution in [-0.2, 0) is 16.1 Å². The molecule has 0 N–H and O–H groups in total. The molecule has 1 aromatic carbocycles. The summed E-state index contributed by atoms with van der Waals surface area (Å²) < 4.78 is 5.37. The van der Waals surface area contributed by atoms with Gasteiger partial charge in [-0.1, -0.05) is 69.6 Å². The molecular weight excluding hydrogens is 394 g/mol. The molecule has 29 heavy (non-hydrogen) atoms. The summed E-state index contributed by atoms with van der Waals surface area (Å²) in [4.78, 5) is 12.0. The molecule has 1 aliphatic rings. The highest BCUT2D eigenvalue weighted by Gasteiger charge is 2.25. The van der Waals surface area contributed by atoms with Gasteiger partial charge < -0.3 is 4.74 Å². The van der Waals surface area contributed by atoms with Gasteiger partial charge in [-0.15, -0.1) is 14.5 Å². The van der Waals surface area contributed by atoms with E-state index in [1.807, 2.05) is 30.3 Å². The first-order valence-corrected chi connectivity index (χ1v) is 14.6. The molecule has 0 aliphatic carbocycles. The van der Waals surface area contributed by atoms with E-state index >= 15 is 0 Å². The van der Waals surface area contributed by atoms with Crippen molar-refractivity contribution >= 4 is 21.8 Å². The highest BCUT2D eigenvalue weighted by Crippen LogP contribution is 2.57. The Bertz CT molecular complexity index is 643. The summed E-state index contributed by atoms with van der Waals surface area (Å²) in [6.45, 7) is 13.7. The summed E-state index contributed by atoms with van der Waals surface area (Å²) in [5, 5.41) is 1.55. The van der Waals surface area contributed by atoms with Crippen molar-refractivity contribution in [2.75, 3.05) is 19.0 Å². The largest absolute Gasteiger partial charge is 0.461 e. The molecule has 1 fully saturated rings. The average Bonchev–Trinajstić information content (AvgIpc) is 2.72. The van der Waals surface area contributed by atoms with Crippen LogP contribution in [0.15, 0.2) is 54.9 Å². The number of allylic oxidation sites excluding steroid dienone is 2. The molecule has 1 saturated heterocycles. The van der Waals surface area contributed by atoms with Crippen LogP contribution < -0.4 is 0 Å². The third-order valence-electron chi connectivity index (χ3n) is 5.93. The summed E-state index contributed by atoms with van der Waals surface area (Å²) >= 11 is 0. The van der Waals surface area contributed by atoms with Gasteiger partial charge in [-0.25, -0.2) is 0 Å². The lowest BCUT2D eigenvalue weighted by atomic mass is 10.1. The van der Waals surface area contributed by atoms with Gasteiger partial charge in [0.2, 0.25) is 0 Å². The van der Waals surface area contributed by atoms with Crippen LogP contribution in [-0.4, -0.2) is 36.3 Å². The topological polar surface area (TPSA) is 26.3 Å². The van der Waals surface area contributed by atoms with Crippen LogP contribution in [0.4, 0.5) is 0 Å². The predicted octanol–water partition coefficient (Wildman–Crippen LogP) is 7.52. The Morgan fingerprint density at radius 2 is 2.10 bits per heavy atom. The van der Waals surface area contributed by atoms with Gasteiger partial charge >= 0.3 is 5.97 Å². The zero-order valence-corrected chi connectivity index (χ0v) is 20.1. The van der Waals surface area contributed by atoms with Crippen molar-refractivity contribution in [3.05, 3.63) is 60.4 Å². The maximum atomic E-state index is 12.0. The summed E-state index contributed by atoms with van der Waals surface area (Å²) in [5.74, 6) is -0.0876. The van der Waals surface area contributed by atoms with Crippen molar-refractivity contribution in [2.45, 2.75) is 69.8 Å². The van der Waals surface area contributed by atoms with Gasteiger partial charge in [0, 0.05) is 6.42 Å². The second-order valence-electron chi connectivity index (χ2n) is 8.18. The summed E-state index contributed by atoms with van der Waals surface area (Å²) in [5.41, 5.74) is 2.51. The van der Waals surface area contributed by atoms with Gasteiger partial charge in [-0.2, -0.15) is 0 Å². The lowest BCUT2D eigenvalue weighted by Gasteiger charge is -2.33. The predicted molar refractivity (Wildman–Crippen MR) is 131 cm³/mol. The molecule has 160 valence electrons. The molecule has 0 aromatic heterocycles. The zero-order valence-electron chi connectivity index (χ0n) is 18.3. The Labute approximate surface area is 180 Å². The number of carbonyl (C=O) groups is 1. The Hall–Kier alpha value is -0.970. The molecule has 0 spiro atoms. The fourth-order valence-corrected chi connectivity index (χ4v) is 9.73. The summed E-state index contributed by atoms with van der Waals surface area (Å²) in [6.07, 6.45) is 12.5. The molecule has 0 bridgehead atoms. The number of carbonyl (C=O) groups excluding carboxylic acids is 1. The van der Waals surface area contributed by atoms with Gasteiger partial charge in [0.15, 0.2) is 0 Å². The Morgan fingerprint density at radius 1 is 1.34 bits per heavy atom. The number of hydrogen-bond donors (Lipinski definition) is 0. The van der Waals surface area contributed by atoms with Gasteiger partial charge in [0.1, 0.15) is 6.61 Å². The van der Waals surface area contributed by atoms with Crippen LogP contribution in [0.3, 0.4) is 0 Å². The minimum Gasteiger partial charge on any atom is -0.461 e. The molecule has 0 saturated carbocycles. The standard InChI is InChI=1S/C25H38O2P2/c1-5-24(28(4)18-19-29-21(2)12-11-13-22(29)3)16-9-10-17-25(26)27-20-23-14-7-6-8-15-23/h5-8,14-15,22,24H,1-2,9-13,16-20H2,3-4H3/t22-,24+,28-,29?/m0/s1. The van der Waals surface area contributed by atoms with E-state index in [9.17, 15) is 4.79 Å². The Morgan fingerprint density at radius 3 is 2.79 bits per heavy atom. The van der Waals surface area contributed by atoms with Gasteiger partial charge in [0.25, 0.3) is 0 Å². The monoisotopic (exact) mass is 432 g/mol. The Balaban J connectivity index is 1.62. The maximum Gasteiger partial charge on any atom is 0.306 e. The first-order chi connectivity index (χ1) is 14.0. The van der Waals surface area contributed by atoms with Crippen LogP contribution in [0.1, 0.15) is 57.4 Å². The van der Waals surface area contributed by atoms with E-state index in [1.165, 1.54) is 31.6 Å². The number of esters is 1. The molecule has 4 atom stereocenters. The number of benzene rings is 1. The van der Waals surface area contributed by atoms with Crippen LogP contribution >= 0.6 is 15.8 Å². The quantitative estimate of drug-likeness (QED) is 0.148. The van der Waals surface area contributed by atoms with E-state index in [2.05, 4.69) is 32.8 Å². The molecular formula is C25H38O2P2. The lowest BCUT2D eigenvalue weighted by molar-refractivity contribution is -0.145. The first-order valence-electron chi connectivity index (χ1n) is 11.0. The number of rotatable bonds is 12. The highest BCUT2D eigenvalue weighted by molar-refractivity contribution is 7.65. The zero-order chi connectivity index (χ0) is 21.1. The smallest absolute Gasteiger partial charge is 0.306 e. The van der Waals surface area contributed by atoms with E-state index in [1.54, 1.807) is 5.31 Å². The van der Waals surface area contributed by atoms with Crippen molar-refractivity contribution in [3.8, 4) is 0 Å². The third-order valence-corrected chi connectivity index (χ3v) is 11.9. The molecule has 1 aliphatic heterocycles. The van der Waals surface area contributed by atoms with Crippen LogP contribution in [0.25, 0.3) is 0 Å². The van der Waals surface area contributed by atoms with Gasteiger partial charge in [-0.05, 0) is 68.0 Å². The molecule has 2 nitrogen and oxygen atoms in total. The SMILES string of the molecule is C=C[C@H](CCCCC(=O)OCc1ccccc1)[P@@](C)CCP1C(=C)CCC[C@@H]1C. The second-order valence-corrected chi connectivity index (χ2v) is 13.7. The number of unbranched alkanes of at least 4 members (excludes halogenated alkanes) is 1. The average molecular weight is 433 g/mol. The van der Waals surface area contributed by atoms with Crippen LogP contribution in [0.5, 0.6) is 0 Å². The van der Waals surface area contributed by atoms with Crippen LogP contribution in [0.2, 0.25) is 0 Å². The fourth-order valence-electron chi connectivity index (χ4n) is 3.97. The van der Waals surface area contributed by atoms with E-state index in [-0.39, 0.29) is 21.8 Å². The third kappa shape index (κ3) is 8.74. The Kier molecular flexibility index (Phi) is 11.2.